The lowest BCUT2D eigenvalue weighted by atomic mass is 10.1. The minimum absolute atomic E-state index is 0.0135. The van der Waals surface area contributed by atoms with E-state index in [9.17, 15) is 0 Å². The van der Waals surface area contributed by atoms with Crippen LogP contribution in [0, 0.1) is 0 Å². The molecule has 0 amide bonds. The molecule has 0 aliphatic rings. The van der Waals surface area contributed by atoms with Gasteiger partial charge < -0.3 is 5.32 Å². The summed E-state index contributed by atoms with van der Waals surface area (Å²) in [6, 6.07) is 5.58. The van der Waals surface area contributed by atoms with Crippen LogP contribution in [0.15, 0.2) is 18.2 Å². The van der Waals surface area contributed by atoms with Crippen molar-refractivity contribution in [1.82, 2.24) is 9.36 Å². The maximum Gasteiger partial charge on any atom is 0.202 e. The summed E-state index contributed by atoms with van der Waals surface area (Å²) in [6.45, 7) is 6.27. The van der Waals surface area contributed by atoms with E-state index in [1.165, 1.54) is 11.5 Å². The first-order valence-corrected chi connectivity index (χ1v) is 7.41. The van der Waals surface area contributed by atoms with Crippen LogP contribution in [0.25, 0.3) is 0 Å². The monoisotopic (exact) mass is 315 g/mol. The van der Waals surface area contributed by atoms with E-state index in [0.29, 0.717) is 16.5 Å². The van der Waals surface area contributed by atoms with Crippen molar-refractivity contribution < 1.29 is 0 Å². The third-order valence-electron chi connectivity index (χ3n) is 2.30. The Labute approximate surface area is 127 Å². The van der Waals surface area contributed by atoms with Crippen LogP contribution in [-0.4, -0.2) is 14.9 Å². The lowest BCUT2D eigenvalue weighted by Crippen LogP contribution is -2.25. The van der Waals surface area contributed by atoms with Gasteiger partial charge in [-0.25, -0.2) is 4.98 Å². The molecule has 0 saturated heterocycles. The molecule has 0 saturated carbocycles. The van der Waals surface area contributed by atoms with Crippen molar-refractivity contribution in [2.24, 2.45) is 0 Å². The van der Waals surface area contributed by atoms with Crippen LogP contribution in [0.3, 0.4) is 0 Å². The number of hydrogen-bond acceptors (Lipinski definition) is 4. The van der Waals surface area contributed by atoms with Gasteiger partial charge in [0.05, 0.1) is 10.0 Å². The van der Waals surface area contributed by atoms with Gasteiger partial charge in [0.1, 0.15) is 5.82 Å². The fourth-order valence-electron chi connectivity index (χ4n) is 1.53. The molecule has 102 valence electrons. The molecular weight excluding hydrogens is 301 g/mol. The Bertz CT molecular complexity index is 576. The van der Waals surface area contributed by atoms with Crippen LogP contribution in [0.5, 0.6) is 0 Å². The minimum atomic E-state index is -0.0135. The van der Waals surface area contributed by atoms with Gasteiger partial charge in [0.15, 0.2) is 0 Å². The first kappa shape index (κ1) is 14.6. The molecule has 0 radical (unpaired) electrons. The average molecular weight is 316 g/mol. The van der Waals surface area contributed by atoms with E-state index in [-0.39, 0.29) is 5.54 Å². The van der Waals surface area contributed by atoms with E-state index >= 15 is 0 Å². The summed E-state index contributed by atoms with van der Waals surface area (Å²) in [6.07, 6.45) is 0.652. The Morgan fingerprint density at radius 3 is 2.58 bits per heavy atom. The molecular formula is C13H15Cl2N3S. The maximum atomic E-state index is 5.99. The summed E-state index contributed by atoms with van der Waals surface area (Å²) in [5, 5.41) is 5.26. The second kappa shape index (κ2) is 5.65. The average Bonchev–Trinajstić information content (AvgIpc) is 2.68. The van der Waals surface area contributed by atoms with E-state index in [2.05, 4.69) is 35.4 Å². The fraction of sp³-hybridized carbons (Fsp3) is 0.385. The molecule has 19 heavy (non-hydrogen) atoms. The molecule has 3 nitrogen and oxygen atoms in total. The van der Waals surface area contributed by atoms with Gasteiger partial charge in [0.25, 0.3) is 0 Å². The van der Waals surface area contributed by atoms with Gasteiger partial charge >= 0.3 is 0 Å². The normalized spacial score (nSPS) is 11.6. The highest BCUT2D eigenvalue weighted by molar-refractivity contribution is 7.09. The highest BCUT2D eigenvalue weighted by atomic mass is 35.5. The summed E-state index contributed by atoms with van der Waals surface area (Å²) >= 11 is 13.3. The molecule has 2 aromatic rings. The number of benzene rings is 1. The quantitative estimate of drug-likeness (QED) is 0.896. The minimum Gasteiger partial charge on any atom is -0.356 e. The molecule has 0 bridgehead atoms. The summed E-state index contributed by atoms with van der Waals surface area (Å²) in [5.41, 5.74) is 1.04. The van der Waals surface area contributed by atoms with Crippen molar-refractivity contribution in [3.63, 3.8) is 0 Å². The third kappa shape index (κ3) is 4.34. The molecule has 2 rings (SSSR count). The molecule has 1 aromatic heterocycles. The van der Waals surface area contributed by atoms with Crippen molar-refractivity contribution in [3.8, 4) is 0 Å². The lowest BCUT2D eigenvalue weighted by molar-refractivity contribution is 0.633. The molecule has 1 aromatic carbocycles. The maximum absolute atomic E-state index is 5.99. The highest BCUT2D eigenvalue weighted by Gasteiger charge is 2.13. The number of nitrogens with zero attached hydrogens (tertiary/aromatic N) is 2. The van der Waals surface area contributed by atoms with Crippen molar-refractivity contribution in [3.05, 3.63) is 39.6 Å². The van der Waals surface area contributed by atoms with E-state index in [1.54, 1.807) is 6.07 Å². The number of anilines is 1. The van der Waals surface area contributed by atoms with Gasteiger partial charge in [0.2, 0.25) is 5.13 Å². The Morgan fingerprint density at radius 2 is 1.95 bits per heavy atom. The Hall–Kier alpha value is -0.840. The summed E-state index contributed by atoms with van der Waals surface area (Å²) < 4.78 is 4.34. The van der Waals surface area contributed by atoms with Crippen LogP contribution in [0.4, 0.5) is 5.13 Å². The molecule has 0 unspecified atom stereocenters. The summed E-state index contributed by atoms with van der Waals surface area (Å²) in [5.74, 6) is 0.787. The van der Waals surface area contributed by atoms with Gasteiger partial charge in [-0.3, -0.25) is 0 Å². The third-order valence-corrected chi connectivity index (χ3v) is 3.70. The Balaban J connectivity index is 2.09. The smallest absolute Gasteiger partial charge is 0.202 e. The topological polar surface area (TPSA) is 37.8 Å². The zero-order valence-electron chi connectivity index (χ0n) is 11.0. The first-order chi connectivity index (χ1) is 8.83. The summed E-state index contributed by atoms with van der Waals surface area (Å²) in [4.78, 5) is 4.46. The van der Waals surface area contributed by atoms with Crippen molar-refractivity contribution >= 4 is 39.9 Å². The van der Waals surface area contributed by atoms with Gasteiger partial charge in [-0.1, -0.05) is 29.3 Å². The van der Waals surface area contributed by atoms with Crippen LogP contribution in [-0.2, 0) is 6.42 Å². The number of hydrogen-bond donors (Lipinski definition) is 1. The van der Waals surface area contributed by atoms with Gasteiger partial charge in [0, 0.05) is 23.5 Å². The van der Waals surface area contributed by atoms with Crippen LogP contribution in [0.2, 0.25) is 10.0 Å². The molecule has 0 fully saturated rings. The number of rotatable bonds is 3. The van der Waals surface area contributed by atoms with Crippen molar-refractivity contribution in [2.75, 3.05) is 5.32 Å². The van der Waals surface area contributed by atoms with Crippen molar-refractivity contribution in [2.45, 2.75) is 32.7 Å². The largest absolute Gasteiger partial charge is 0.356 e. The second-order valence-corrected chi connectivity index (χ2v) is 6.88. The van der Waals surface area contributed by atoms with Crippen LogP contribution >= 0.6 is 34.7 Å². The molecule has 0 aliphatic carbocycles. The van der Waals surface area contributed by atoms with Crippen molar-refractivity contribution in [1.29, 1.82) is 0 Å². The second-order valence-electron chi connectivity index (χ2n) is 5.32. The summed E-state index contributed by atoms with van der Waals surface area (Å²) in [7, 11) is 0. The van der Waals surface area contributed by atoms with Crippen LogP contribution < -0.4 is 5.32 Å². The predicted molar refractivity (Wildman–Crippen MR) is 82.6 cm³/mol. The van der Waals surface area contributed by atoms with E-state index < -0.39 is 0 Å². The number of nitrogens with one attached hydrogen (secondary N) is 1. The number of halogens is 2. The lowest BCUT2D eigenvalue weighted by Gasteiger charge is -2.18. The van der Waals surface area contributed by atoms with Gasteiger partial charge in [-0.15, -0.1) is 0 Å². The zero-order valence-corrected chi connectivity index (χ0v) is 13.3. The molecule has 1 heterocycles. The van der Waals surface area contributed by atoms with E-state index in [1.807, 2.05) is 12.1 Å². The van der Waals surface area contributed by atoms with Gasteiger partial charge in [-0.2, -0.15) is 4.37 Å². The van der Waals surface area contributed by atoms with Crippen LogP contribution in [0.1, 0.15) is 32.2 Å². The molecule has 0 spiro atoms. The number of aromatic nitrogens is 2. The Kier molecular flexibility index (Phi) is 4.33. The molecule has 1 N–H and O–H groups in total. The fourth-order valence-corrected chi connectivity index (χ4v) is 2.65. The van der Waals surface area contributed by atoms with Gasteiger partial charge in [-0.05, 0) is 38.5 Å². The first-order valence-electron chi connectivity index (χ1n) is 5.88. The Morgan fingerprint density at radius 1 is 1.21 bits per heavy atom. The molecule has 0 atom stereocenters. The van der Waals surface area contributed by atoms with E-state index in [0.717, 1.165) is 16.5 Å². The SMILES string of the molecule is CC(C)(C)Nc1nc(Cc2ccc(Cl)c(Cl)c2)ns1. The standard InChI is InChI=1S/C13H15Cl2N3S/c1-13(2,3)17-12-16-11(18-19-12)7-8-4-5-9(14)10(15)6-8/h4-6H,7H2,1-3H3,(H,16,17,18). The molecule has 6 heteroatoms. The highest BCUT2D eigenvalue weighted by Crippen LogP contribution is 2.24. The zero-order chi connectivity index (χ0) is 14.0. The van der Waals surface area contributed by atoms with E-state index in [4.69, 9.17) is 23.2 Å². The molecule has 0 aliphatic heterocycles. The predicted octanol–water partition coefficient (Wildman–Crippen LogP) is 4.65.